The Morgan fingerprint density at radius 1 is 0.971 bits per heavy atom. The van der Waals surface area contributed by atoms with Crippen LogP contribution < -0.4 is 10.1 Å². The largest absolute Gasteiger partial charge is 0.497 e. The molecule has 0 aliphatic heterocycles. The zero-order valence-electron chi connectivity index (χ0n) is 20.8. The molecule has 0 aliphatic carbocycles. The quantitative estimate of drug-likeness (QED) is 0.394. The first-order valence-electron chi connectivity index (χ1n) is 11.3. The molecule has 9 nitrogen and oxygen atoms in total. The predicted molar refractivity (Wildman–Crippen MR) is 134 cm³/mol. The van der Waals surface area contributed by atoms with Crippen molar-refractivity contribution in [2.45, 2.75) is 32.5 Å². The van der Waals surface area contributed by atoms with E-state index < -0.39 is 22.0 Å². The van der Waals surface area contributed by atoms with Gasteiger partial charge in [-0.2, -0.15) is 4.31 Å². The number of sulfonamides is 1. The van der Waals surface area contributed by atoms with E-state index in [4.69, 9.17) is 9.47 Å². The van der Waals surface area contributed by atoms with Crippen LogP contribution in [0.4, 0.5) is 0 Å². The molecular weight excluding hydrogens is 470 g/mol. The van der Waals surface area contributed by atoms with E-state index in [-0.39, 0.29) is 25.5 Å². The van der Waals surface area contributed by atoms with Crippen LogP contribution in [-0.4, -0.2) is 75.7 Å². The number of methoxy groups -OCH3 is 2. The molecule has 0 spiro atoms. The molecule has 0 unspecified atom stereocenters. The molecule has 0 heterocycles. The van der Waals surface area contributed by atoms with E-state index >= 15 is 0 Å². The van der Waals surface area contributed by atoms with Crippen molar-refractivity contribution in [3.63, 3.8) is 0 Å². The predicted octanol–water partition coefficient (Wildman–Crippen LogP) is 2.03. The highest BCUT2D eigenvalue weighted by Crippen LogP contribution is 2.16. The number of nitrogens with zero attached hydrogens (tertiary/aromatic N) is 2. The highest BCUT2D eigenvalue weighted by molar-refractivity contribution is 7.88. The second-order valence-electron chi connectivity index (χ2n) is 8.20. The summed E-state index contributed by atoms with van der Waals surface area (Å²) in [5.41, 5.74) is 1.54. The van der Waals surface area contributed by atoms with E-state index in [1.54, 1.807) is 57.5 Å². The van der Waals surface area contributed by atoms with Crippen LogP contribution in [0.2, 0.25) is 0 Å². The monoisotopic (exact) mass is 505 g/mol. The minimum atomic E-state index is -3.69. The summed E-state index contributed by atoms with van der Waals surface area (Å²) in [4.78, 5) is 27.7. The number of benzene rings is 2. The first kappa shape index (κ1) is 28.3. The Bertz CT molecular complexity index is 1040. The van der Waals surface area contributed by atoms with Gasteiger partial charge in [0.15, 0.2) is 0 Å². The molecule has 2 amide bonds. The van der Waals surface area contributed by atoms with E-state index in [0.29, 0.717) is 25.3 Å². The summed E-state index contributed by atoms with van der Waals surface area (Å²) in [7, 11) is -0.536. The molecule has 10 heteroatoms. The molecule has 1 N–H and O–H groups in total. The summed E-state index contributed by atoms with van der Waals surface area (Å²) in [5, 5.41) is 2.82. The average molecular weight is 506 g/mol. The molecule has 0 aliphatic rings. The maximum Gasteiger partial charge on any atom is 0.242 e. The zero-order chi connectivity index (χ0) is 25.8. The first-order valence-corrected chi connectivity index (χ1v) is 13.2. The Morgan fingerprint density at radius 2 is 1.60 bits per heavy atom. The van der Waals surface area contributed by atoms with E-state index in [1.807, 2.05) is 18.2 Å². The van der Waals surface area contributed by atoms with Gasteiger partial charge in [0.2, 0.25) is 21.8 Å². The maximum atomic E-state index is 13.4. The Labute approximate surface area is 208 Å². The third kappa shape index (κ3) is 9.31. The Kier molecular flexibility index (Phi) is 11.2. The molecular formula is C25H35N3O6S. The van der Waals surface area contributed by atoms with Crippen molar-refractivity contribution in [1.29, 1.82) is 0 Å². The third-order valence-corrected chi connectivity index (χ3v) is 6.68. The molecule has 2 aromatic rings. The van der Waals surface area contributed by atoms with Crippen molar-refractivity contribution >= 4 is 21.8 Å². The fraction of sp³-hybridized carbons (Fsp3) is 0.440. The van der Waals surface area contributed by atoms with Crippen LogP contribution in [0, 0.1) is 0 Å². The lowest BCUT2D eigenvalue weighted by atomic mass is 10.1. The molecule has 1 atom stereocenters. The highest BCUT2D eigenvalue weighted by Gasteiger charge is 2.29. The van der Waals surface area contributed by atoms with Gasteiger partial charge in [0.25, 0.3) is 0 Å². The molecule has 0 saturated carbocycles. The zero-order valence-corrected chi connectivity index (χ0v) is 21.6. The van der Waals surface area contributed by atoms with Gasteiger partial charge in [0.05, 0.1) is 19.9 Å². The van der Waals surface area contributed by atoms with Gasteiger partial charge in [-0.1, -0.05) is 42.5 Å². The number of hydrogen-bond acceptors (Lipinski definition) is 6. The smallest absolute Gasteiger partial charge is 0.242 e. The normalized spacial score (nSPS) is 12.3. The van der Waals surface area contributed by atoms with Gasteiger partial charge in [-0.05, 0) is 36.6 Å². The molecule has 0 saturated heterocycles. The molecule has 0 fully saturated rings. The lowest BCUT2D eigenvalue weighted by Gasteiger charge is -2.31. The number of hydrogen-bond donors (Lipinski definition) is 1. The lowest BCUT2D eigenvalue weighted by Crippen LogP contribution is -2.51. The van der Waals surface area contributed by atoms with Gasteiger partial charge < -0.3 is 19.7 Å². The fourth-order valence-electron chi connectivity index (χ4n) is 3.41. The van der Waals surface area contributed by atoms with Crippen LogP contribution in [0.5, 0.6) is 5.75 Å². The minimum absolute atomic E-state index is 0.0549. The van der Waals surface area contributed by atoms with Crippen LogP contribution >= 0.6 is 0 Å². The number of carbonyl (C=O) groups excluding carboxylic acids is 2. The number of amides is 2. The van der Waals surface area contributed by atoms with Crippen molar-refractivity contribution in [3.05, 3.63) is 65.7 Å². The van der Waals surface area contributed by atoms with Crippen LogP contribution in [0.15, 0.2) is 54.6 Å². The SMILES string of the molecule is COCCCNC(=O)[C@H](C)N(Cc1ccc(OC)cc1)C(=O)CN(Cc1ccccc1)S(C)(=O)=O. The third-order valence-electron chi connectivity index (χ3n) is 5.49. The van der Waals surface area contributed by atoms with Crippen molar-refractivity contribution in [2.24, 2.45) is 0 Å². The van der Waals surface area contributed by atoms with E-state index in [1.165, 1.54) is 4.90 Å². The van der Waals surface area contributed by atoms with E-state index in [0.717, 1.165) is 21.7 Å². The number of ether oxygens (including phenoxy) is 2. The Hall–Kier alpha value is -2.95. The van der Waals surface area contributed by atoms with Gasteiger partial charge in [0.1, 0.15) is 11.8 Å². The standard InChI is InChI=1S/C25H35N3O6S/c1-20(25(30)26-15-8-16-33-2)28(18-22-11-13-23(34-3)14-12-22)24(29)19-27(35(4,31)32)17-21-9-6-5-7-10-21/h5-7,9-14,20H,8,15-19H2,1-4H3,(H,26,30)/t20-/m0/s1. The van der Waals surface area contributed by atoms with Gasteiger partial charge in [-0.25, -0.2) is 8.42 Å². The van der Waals surface area contributed by atoms with Crippen LogP contribution in [-0.2, 0) is 37.4 Å². The first-order chi connectivity index (χ1) is 16.7. The van der Waals surface area contributed by atoms with E-state index in [2.05, 4.69) is 5.32 Å². The molecule has 2 aromatic carbocycles. The summed E-state index contributed by atoms with van der Waals surface area (Å²) in [6.45, 7) is 2.36. The maximum absolute atomic E-state index is 13.4. The topological polar surface area (TPSA) is 105 Å². The van der Waals surface area contributed by atoms with Crippen molar-refractivity contribution in [3.8, 4) is 5.75 Å². The van der Waals surface area contributed by atoms with Crippen molar-refractivity contribution in [2.75, 3.05) is 40.2 Å². The Morgan fingerprint density at radius 3 is 2.17 bits per heavy atom. The van der Waals surface area contributed by atoms with Gasteiger partial charge in [-0.15, -0.1) is 0 Å². The van der Waals surface area contributed by atoms with Gasteiger partial charge >= 0.3 is 0 Å². The summed E-state index contributed by atoms with van der Waals surface area (Å²) in [6.07, 6.45) is 1.71. The molecule has 2 rings (SSSR count). The highest BCUT2D eigenvalue weighted by atomic mass is 32.2. The summed E-state index contributed by atoms with van der Waals surface area (Å²) in [5.74, 6) is -0.125. The minimum Gasteiger partial charge on any atom is -0.497 e. The molecule has 192 valence electrons. The second kappa shape index (κ2) is 13.8. The summed E-state index contributed by atoms with van der Waals surface area (Å²) in [6, 6.07) is 15.4. The Balaban J connectivity index is 2.24. The number of carbonyl (C=O) groups is 2. The van der Waals surface area contributed by atoms with Crippen molar-refractivity contribution < 1.29 is 27.5 Å². The molecule has 35 heavy (non-hydrogen) atoms. The van der Waals surface area contributed by atoms with Crippen LogP contribution in [0.1, 0.15) is 24.5 Å². The van der Waals surface area contributed by atoms with E-state index in [9.17, 15) is 18.0 Å². The van der Waals surface area contributed by atoms with Crippen LogP contribution in [0.25, 0.3) is 0 Å². The number of nitrogens with one attached hydrogen (secondary N) is 1. The second-order valence-corrected chi connectivity index (χ2v) is 10.2. The van der Waals surface area contributed by atoms with Crippen molar-refractivity contribution in [1.82, 2.24) is 14.5 Å². The van der Waals surface area contributed by atoms with Gasteiger partial charge in [0, 0.05) is 33.4 Å². The van der Waals surface area contributed by atoms with Gasteiger partial charge in [-0.3, -0.25) is 9.59 Å². The molecule has 0 radical (unpaired) electrons. The average Bonchev–Trinajstić information content (AvgIpc) is 2.84. The molecule has 0 aromatic heterocycles. The lowest BCUT2D eigenvalue weighted by molar-refractivity contribution is -0.140. The fourth-order valence-corrected chi connectivity index (χ4v) is 4.13. The number of rotatable bonds is 14. The van der Waals surface area contributed by atoms with Crippen LogP contribution in [0.3, 0.4) is 0 Å². The summed E-state index contributed by atoms with van der Waals surface area (Å²) >= 11 is 0. The molecule has 0 bridgehead atoms. The summed E-state index contributed by atoms with van der Waals surface area (Å²) < 4.78 is 36.3.